The summed E-state index contributed by atoms with van der Waals surface area (Å²) in [6.07, 6.45) is -3.23. The molecule has 0 saturated carbocycles. The van der Waals surface area contributed by atoms with Gasteiger partial charge in [0.1, 0.15) is 0 Å². The van der Waals surface area contributed by atoms with E-state index in [1.807, 2.05) is 0 Å². The standard InChI is InChI=1S/C16H10BrF3N4/c17-11-7-5-10(6-8-11)9-21-24-15-14(16(18,19)20)22-12-3-1-2-4-13(12)23-15/h1-9H,(H,23,24)/b21-9-. The van der Waals surface area contributed by atoms with Crippen molar-refractivity contribution in [2.45, 2.75) is 6.18 Å². The predicted octanol–water partition coefficient (Wildman–Crippen LogP) is 4.86. The zero-order chi connectivity index (χ0) is 17.2. The summed E-state index contributed by atoms with van der Waals surface area (Å²) < 4.78 is 40.4. The largest absolute Gasteiger partial charge is 0.437 e. The Hall–Kier alpha value is -2.48. The Kier molecular flexibility index (Phi) is 4.48. The Balaban J connectivity index is 1.93. The average Bonchev–Trinajstić information content (AvgIpc) is 2.55. The van der Waals surface area contributed by atoms with Crippen LogP contribution in [0.2, 0.25) is 0 Å². The first-order chi connectivity index (χ1) is 11.4. The van der Waals surface area contributed by atoms with Crippen LogP contribution in [0.5, 0.6) is 0 Å². The van der Waals surface area contributed by atoms with Crippen LogP contribution in [-0.2, 0) is 6.18 Å². The summed E-state index contributed by atoms with van der Waals surface area (Å²) in [7, 11) is 0. The van der Waals surface area contributed by atoms with E-state index in [-0.39, 0.29) is 5.52 Å². The quantitative estimate of drug-likeness (QED) is 0.509. The van der Waals surface area contributed by atoms with E-state index in [0.29, 0.717) is 5.52 Å². The van der Waals surface area contributed by atoms with Crippen molar-refractivity contribution in [3.63, 3.8) is 0 Å². The molecule has 0 radical (unpaired) electrons. The molecular formula is C16H10BrF3N4. The molecule has 0 aliphatic carbocycles. The molecule has 2 aromatic carbocycles. The molecule has 4 nitrogen and oxygen atoms in total. The number of nitrogens with zero attached hydrogens (tertiary/aromatic N) is 3. The molecule has 3 rings (SSSR count). The first kappa shape index (κ1) is 16.4. The molecule has 122 valence electrons. The second-order valence-corrected chi connectivity index (χ2v) is 5.74. The molecule has 0 bridgehead atoms. The average molecular weight is 395 g/mol. The maximum absolute atomic E-state index is 13.2. The van der Waals surface area contributed by atoms with Crippen LogP contribution >= 0.6 is 15.9 Å². The molecule has 0 aliphatic heterocycles. The molecule has 1 N–H and O–H groups in total. The number of hydrazone groups is 1. The maximum Gasteiger partial charge on any atom is 0.437 e. The lowest BCUT2D eigenvalue weighted by Gasteiger charge is -2.11. The van der Waals surface area contributed by atoms with Gasteiger partial charge in [-0.15, -0.1) is 0 Å². The number of benzene rings is 2. The summed E-state index contributed by atoms with van der Waals surface area (Å²) in [5.41, 5.74) is 2.49. The SMILES string of the molecule is FC(F)(F)c1nc2ccccc2nc1N/N=C\c1ccc(Br)cc1. The highest BCUT2D eigenvalue weighted by molar-refractivity contribution is 9.10. The summed E-state index contributed by atoms with van der Waals surface area (Å²) in [5, 5.41) is 3.83. The minimum atomic E-state index is -4.63. The smallest absolute Gasteiger partial charge is 0.260 e. The summed E-state index contributed by atoms with van der Waals surface area (Å²) in [6.45, 7) is 0. The van der Waals surface area contributed by atoms with Crippen LogP contribution in [0.25, 0.3) is 11.0 Å². The number of anilines is 1. The van der Waals surface area contributed by atoms with E-state index >= 15 is 0 Å². The van der Waals surface area contributed by atoms with Gasteiger partial charge in [-0.05, 0) is 29.8 Å². The lowest BCUT2D eigenvalue weighted by atomic mass is 10.2. The van der Waals surface area contributed by atoms with E-state index in [2.05, 4.69) is 36.4 Å². The molecule has 0 fully saturated rings. The van der Waals surface area contributed by atoms with Crippen molar-refractivity contribution >= 4 is 39.0 Å². The number of rotatable bonds is 3. The zero-order valence-corrected chi connectivity index (χ0v) is 13.6. The van der Waals surface area contributed by atoms with E-state index in [4.69, 9.17) is 0 Å². The minimum Gasteiger partial charge on any atom is -0.260 e. The fourth-order valence-electron chi connectivity index (χ4n) is 1.99. The van der Waals surface area contributed by atoms with Crippen molar-refractivity contribution in [2.24, 2.45) is 5.10 Å². The maximum atomic E-state index is 13.2. The van der Waals surface area contributed by atoms with Crippen molar-refractivity contribution in [1.29, 1.82) is 0 Å². The summed E-state index contributed by atoms with van der Waals surface area (Å²) in [4.78, 5) is 7.63. The third kappa shape index (κ3) is 3.70. The Morgan fingerprint density at radius 3 is 2.21 bits per heavy atom. The van der Waals surface area contributed by atoms with E-state index in [1.54, 1.807) is 42.5 Å². The summed E-state index contributed by atoms with van der Waals surface area (Å²) in [6, 6.07) is 13.5. The molecule has 0 aliphatic rings. The molecular weight excluding hydrogens is 385 g/mol. The minimum absolute atomic E-state index is 0.173. The number of aromatic nitrogens is 2. The van der Waals surface area contributed by atoms with E-state index in [1.165, 1.54) is 12.3 Å². The van der Waals surface area contributed by atoms with Crippen LogP contribution in [0.1, 0.15) is 11.3 Å². The molecule has 1 heterocycles. The second kappa shape index (κ2) is 6.56. The monoisotopic (exact) mass is 394 g/mol. The zero-order valence-electron chi connectivity index (χ0n) is 12.0. The number of alkyl halides is 3. The Labute approximate surface area is 143 Å². The van der Waals surface area contributed by atoms with Gasteiger partial charge in [-0.3, -0.25) is 5.43 Å². The molecule has 8 heteroatoms. The first-order valence-electron chi connectivity index (χ1n) is 6.82. The summed E-state index contributed by atoms with van der Waals surface area (Å²) in [5.74, 6) is -0.436. The van der Waals surface area contributed by atoms with Crippen molar-refractivity contribution in [3.8, 4) is 0 Å². The van der Waals surface area contributed by atoms with Gasteiger partial charge in [0.05, 0.1) is 17.2 Å². The number of halogens is 4. The van der Waals surface area contributed by atoms with Crippen molar-refractivity contribution in [1.82, 2.24) is 9.97 Å². The van der Waals surface area contributed by atoms with Gasteiger partial charge in [0, 0.05) is 4.47 Å². The van der Waals surface area contributed by atoms with Gasteiger partial charge in [-0.2, -0.15) is 18.3 Å². The molecule has 1 aromatic heterocycles. The number of hydrogen-bond acceptors (Lipinski definition) is 4. The highest BCUT2D eigenvalue weighted by atomic mass is 79.9. The van der Waals surface area contributed by atoms with Gasteiger partial charge in [-0.25, -0.2) is 9.97 Å². The normalized spacial score (nSPS) is 12.0. The predicted molar refractivity (Wildman–Crippen MR) is 89.9 cm³/mol. The summed E-state index contributed by atoms with van der Waals surface area (Å²) >= 11 is 3.30. The molecule has 0 amide bonds. The van der Waals surface area contributed by atoms with Gasteiger partial charge >= 0.3 is 6.18 Å². The number of fused-ring (bicyclic) bond motifs is 1. The second-order valence-electron chi connectivity index (χ2n) is 4.83. The van der Waals surface area contributed by atoms with Crippen LogP contribution in [-0.4, -0.2) is 16.2 Å². The van der Waals surface area contributed by atoms with Crippen molar-refractivity contribution in [2.75, 3.05) is 5.43 Å². The highest BCUT2D eigenvalue weighted by Gasteiger charge is 2.37. The van der Waals surface area contributed by atoms with Gasteiger partial charge < -0.3 is 0 Å². The van der Waals surface area contributed by atoms with E-state index < -0.39 is 17.7 Å². The third-order valence-electron chi connectivity index (χ3n) is 3.09. The van der Waals surface area contributed by atoms with Crippen molar-refractivity contribution < 1.29 is 13.2 Å². The van der Waals surface area contributed by atoms with E-state index in [9.17, 15) is 13.2 Å². The third-order valence-corrected chi connectivity index (χ3v) is 3.62. The van der Waals surface area contributed by atoms with Crippen LogP contribution in [0.15, 0.2) is 58.1 Å². The molecule has 0 unspecified atom stereocenters. The Morgan fingerprint density at radius 1 is 0.958 bits per heavy atom. The molecule has 24 heavy (non-hydrogen) atoms. The number of para-hydroxylation sites is 2. The van der Waals surface area contributed by atoms with E-state index in [0.717, 1.165) is 10.0 Å². The van der Waals surface area contributed by atoms with Gasteiger partial charge in [-0.1, -0.05) is 40.2 Å². The lowest BCUT2D eigenvalue weighted by Crippen LogP contribution is -2.13. The van der Waals surface area contributed by atoms with Gasteiger partial charge in [0.25, 0.3) is 0 Å². The highest BCUT2D eigenvalue weighted by Crippen LogP contribution is 2.33. The number of nitrogens with one attached hydrogen (secondary N) is 1. The molecule has 3 aromatic rings. The van der Waals surface area contributed by atoms with Gasteiger partial charge in [0.2, 0.25) is 0 Å². The van der Waals surface area contributed by atoms with Crippen molar-refractivity contribution in [3.05, 3.63) is 64.3 Å². The molecule has 0 atom stereocenters. The molecule has 0 saturated heterocycles. The lowest BCUT2D eigenvalue weighted by molar-refractivity contribution is -0.140. The van der Waals surface area contributed by atoms with Gasteiger partial charge in [0.15, 0.2) is 11.5 Å². The van der Waals surface area contributed by atoms with Crippen LogP contribution in [0.3, 0.4) is 0 Å². The van der Waals surface area contributed by atoms with Crippen LogP contribution in [0, 0.1) is 0 Å². The number of hydrogen-bond donors (Lipinski definition) is 1. The molecule has 0 spiro atoms. The van der Waals surface area contributed by atoms with Crippen LogP contribution < -0.4 is 5.43 Å². The fraction of sp³-hybridized carbons (Fsp3) is 0.0625. The Morgan fingerprint density at radius 2 is 1.58 bits per heavy atom. The fourth-order valence-corrected chi connectivity index (χ4v) is 2.26. The first-order valence-corrected chi connectivity index (χ1v) is 7.61. The Bertz CT molecular complexity index is 892. The van der Waals surface area contributed by atoms with Crippen LogP contribution in [0.4, 0.5) is 19.0 Å². The topological polar surface area (TPSA) is 50.2 Å².